The number of hydrogen-bond donors (Lipinski definition) is 1. The number of nitrogens with one attached hydrogen (secondary N) is 1. The third kappa shape index (κ3) is 3.37. The molecule has 0 spiro atoms. The van der Waals surface area contributed by atoms with Gasteiger partial charge in [-0.15, -0.1) is 0 Å². The Labute approximate surface area is 155 Å². The zero-order valence-electron chi connectivity index (χ0n) is 14.7. The number of carbonyl (C=O) groups is 1. The molecule has 1 N–H and O–H groups in total. The summed E-state index contributed by atoms with van der Waals surface area (Å²) < 4.78 is 11.0. The Morgan fingerprint density at radius 2 is 1.96 bits per heavy atom. The maximum Gasteiger partial charge on any atom is 0.287 e. The van der Waals surface area contributed by atoms with Crippen molar-refractivity contribution in [2.45, 2.75) is 6.54 Å². The van der Waals surface area contributed by atoms with Crippen molar-refractivity contribution in [2.75, 3.05) is 7.11 Å². The minimum absolute atomic E-state index is 0.240. The molecule has 0 saturated carbocycles. The van der Waals surface area contributed by atoms with Crippen molar-refractivity contribution < 1.29 is 13.9 Å². The van der Waals surface area contributed by atoms with Gasteiger partial charge in [0.2, 0.25) is 0 Å². The van der Waals surface area contributed by atoms with Gasteiger partial charge in [0, 0.05) is 36.1 Å². The standard InChI is InChI=1S/C21H17N3O3/c1-26-17-6-2-4-15-12-18(27-20(15)17)21(25)24-13-16-5-3-9-23-19(16)14-7-10-22-11-8-14/h2-12H,13H2,1H3,(H,24,25). The highest BCUT2D eigenvalue weighted by molar-refractivity contribution is 5.97. The van der Waals surface area contributed by atoms with Crippen LogP contribution in [-0.4, -0.2) is 23.0 Å². The van der Waals surface area contributed by atoms with Gasteiger partial charge in [0.1, 0.15) is 0 Å². The van der Waals surface area contributed by atoms with Crippen LogP contribution in [0, 0.1) is 0 Å². The second kappa shape index (κ2) is 7.29. The van der Waals surface area contributed by atoms with Gasteiger partial charge in [-0.05, 0) is 35.9 Å². The number of methoxy groups -OCH3 is 1. The summed E-state index contributed by atoms with van der Waals surface area (Å²) in [5.74, 6) is 0.542. The highest BCUT2D eigenvalue weighted by atomic mass is 16.5. The lowest BCUT2D eigenvalue weighted by atomic mass is 10.1. The molecule has 0 saturated heterocycles. The average Bonchev–Trinajstić information content (AvgIpc) is 3.17. The van der Waals surface area contributed by atoms with E-state index in [9.17, 15) is 4.79 Å². The summed E-state index contributed by atoms with van der Waals surface area (Å²) in [5.41, 5.74) is 3.23. The maximum absolute atomic E-state index is 12.6. The van der Waals surface area contributed by atoms with Crippen LogP contribution in [-0.2, 0) is 6.54 Å². The fourth-order valence-electron chi connectivity index (χ4n) is 2.92. The van der Waals surface area contributed by atoms with E-state index in [1.165, 1.54) is 0 Å². The maximum atomic E-state index is 12.6. The molecule has 0 radical (unpaired) electrons. The molecule has 1 amide bonds. The predicted molar refractivity (Wildman–Crippen MR) is 101 cm³/mol. The van der Waals surface area contributed by atoms with Crippen molar-refractivity contribution in [3.63, 3.8) is 0 Å². The number of amides is 1. The zero-order chi connectivity index (χ0) is 18.6. The Hall–Kier alpha value is -3.67. The topological polar surface area (TPSA) is 77.2 Å². The molecule has 6 heteroatoms. The third-order valence-electron chi connectivity index (χ3n) is 4.24. The molecule has 27 heavy (non-hydrogen) atoms. The minimum atomic E-state index is -0.294. The molecule has 0 fully saturated rings. The summed E-state index contributed by atoms with van der Waals surface area (Å²) in [7, 11) is 1.57. The fraction of sp³-hybridized carbons (Fsp3) is 0.0952. The van der Waals surface area contributed by atoms with Crippen LogP contribution in [0.2, 0.25) is 0 Å². The molecule has 0 aliphatic carbocycles. The van der Waals surface area contributed by atoms with E-state index >= 15 is 0 Å². The molecular weight excluding hydrogens is 342 g/mol. The van der Waals surface area contributed by atoms with E-state index in [1.807, 2.05) is 36.4 Å². The Morgan fingerprint density at radius 3 is 2.78 bits per heavy atom. The molecular formula is C21H17N3O3. The van der Waals surface area contributed by atoms with Gasteiger partial charge in [-0.25, -0.2) is 0 Å². The van der Waals surface area contributed by atoms with Crippen molar-refractivity contribution >= 4 is 16.9 Å². The molecule has 1 aromatic carbocycles. The molecule has 4 rings (SSSR count). The molecule has 3 heterocycles. The van der Waals surface area contributed by atoms with Crippen LogP contribution in [0.15, 0.2) is 71.5 Å². The monoisotopic (exact) mass is 359 g/mol. The van der Waals surface area contributed by atoms with Crippen molar-refractivity contribution in [3.8, 4) is 17.0 Å². The van der Waals surface area contributed by atoms with Gasteiger partial charge < -0.3 is 14.5 Å². The number of para-hydroxylation sites is 1. The summed E-state index contributed by atoms with van der Waals surface area (Å²) in [6.07, 6.45) is 5.16. The van der Waals surface area contributed by atoms with Gasteiger partial charge >= 0.3 is 0 Å². The Bertz CT molecular complexity index is 1090. The van der Waals surface area contributed by atoms with E-state index in [4.69, 9.17) is 9.15 Å². The van der Waals surface area contributed by atoms with Crippen molar-refractivity contribution in [1.29, 1.82) is 0 Å². The zero-order valence-corrected chi connectivity index (χ0v) is 14.7. The molecule has 0 atom stereocenters. The molecule has 0 unspecified atom stereocenters. The molecule has 134 valence electrons. The Balaban J connectivity index is 1.55. The van der Waals surface area contributed by atoms with Gasteiger partial charge in [-0.2, -0.15) is 0 Å². The number of benzene rings is 1. The van der Waals surface area contributed by atoms with Crippen molar-refractivity contribution in [1.82, 2.24) is 15.3 Å². The number of hydrogen-bond acceptors (Lipinski definition) is 5. The van der Waals surface area contributed by atoms with Gasteiger partial charge in [0.15, 0.2) is 17.1 Å². The van der Waals surface area contributed by atoms with Crippen LogP contribution >= 0.6 is 0 Å². The SMILES string of the molecule is COc1cccc2cc(C(=O)NCc3cccnc3-c3ccncc3)oc12. The number of nitrogens with zero attached hydrogens (tertiary/aromatic N) is 2. The normalized spacial score (nSPS) is 10.7. The van der Waals surface area contributed by atoms with Crippen LogP contribution in [0.25, 0.3) is 22.2 Å². The first-order valence-electron chi connectivity index (χ1n) is 8.45. The quantitative estimate of drug-likeness (QED) is 0.586. The van der Waals surface area contributed by atoms with Crippen LogP contribution in [0.5, 0.6) is 5.75 Å². The summed E-state index contributed by atoms with van der Waals surface area (Å²) in [6, 6.07) is 14.8. The largest absolute Gasteiger partial charge is 0.493 e. The second-order valence-corrected chi connectivity index (χ2v) is 5.92. The van der Waals surface area contributed by atoms with E-state index < -0.39 is 0 Å². The van der Waals surface area contributed by atoms with E-state index in [2.05, 4.69) is 15.3 Å². The molecule has 0 aliphatic rings. The smallest absolute Gasteiger partial charge is 0.287 e. The van der Waals surface area contributed by atoms with Crippen LogP contribution in [0.3, 0.4) is 0 Å². The molecule has 0 bridgehead atoms. The Morgan fingerprint density at radius 1 is 1.11 bits per heavy atom. The fourth-order valence-corrected chi connectivity index (χ4v) is 2.92. The van der Waals surface area contributed by atoms with Crippen molar-refractivity contribution in [2.24, 2.45) is 0 Å². The first kappa shape index (κ1) is 16.8. The highest BCUT2D eigenvalue weighted by Crippen LogP contribution is 2.28. The van der Waals surface area contributed by atoms with E-state index in [0.29, 0.717) is 17.9 Å². The number of carbonyl (C=O) groups excluding carboxylic acids is 1. The lowest BCUT2D eigenvalue weighted by Gasteiger charge is -2.09. The summed E-state index contributed by atoms with van der Waals surface area (Å²) in [4.78, 5) is 21.0. The summed E-state index contributed by atoms with van der Waals surface area (Å²) in [6.45, 7) is 0.332. The average molecular weight is 359 g/mol. The number of aromatic nitrogens is 2. The van der Waals surface area contributed by atoms with E-state index in [0.717, 1.165) is 22.2 Å². The summed E-state index contributed by atoms with van der Waals surface area (Å²) >= 11 is 0. The molecule has 6 nitrogen and oxygen atoms in total. The second-order valence-electron chi connectivity index (χ2n) is 5.92. The number of fused-ring (bicyclic) bond motifs is 1. The third-order valence-corrected chi connectivity index (χ3v) is 4.24. The predicted octanol–water partition coefficient (Wildman–Crippen LogP) is 3.83. The van der Waals surface area contributed by atoms with Crippen LogP contribution in [0.1, 0.15) is 16.1 Å². The van der Waals surface area contributed by atoms with E-state index in [-0.39, 0.29) is 11.7 Å². The first-order valence-corrected chi connectivity index (χ1v) is 8.45. The number of rotatable bonds is 5. The van der Waals surface area contributed by atoms with Gasteiger partial charge in [-0.1, -0.05) is 18.2 Å². The van der Waals surface area contributed by atoms with E-state index in [1.54, 1.807) is 37.8 Å². The number of furan rings is 1. The minimum Gasteiger partial charge on any atom is -0.493 e. The number of pyridine rings is 2. The van der Waals surface area contributed by atoms with Gasteiger partial charge in [0.05, 0.1) is 12.8 Å². The van der Waals surface area contributed by atoms with Gasteiger partial charge in [0.25, 0.3) is 5.91 Å². The molecule has 0 aliphatic heterocycles. The first-order chi connectivity index (χ1) is 13.3. The van der Waals surface area contributed by atoms with Crippen LogP contribution in [0.4, 0.5) is 0 Å². The number of ether oxygens (including phenoxy) is 1. The summed E-state index contributed by atoms with van der Waals surface area (Å²) in [5, 5.41) is 3.71. The lowest BCUT2D eigenvalue weighted by molar-refractivity contribution is 0.0925. The van der Waals surface area contributed by atoms with Crippen molar-refractivity contribution in [3.05, 3.63) is 78.4 Å². The van der Waals surface area contributed by atoms with Crippen LogP contribution < -0.4 is 10.1 Å². The molecule has 4 aromatic rings. The highest BCUT2D eigenvalue weighted by Gasteiger charge is 2.15. The lowest BCUT2D eigenvalue weighted by Crippen LogP contribution is -2.22. The molecule has 3 aromatic heterocycles. The van der Waals surface area contributed by atoms with Gasteiger partial charge in [-0.3, -0.25) is 14.8 Å². The Kier molecular flexibility index (Phi) is 4.53.